The molecule has 9 nitrogen and oxygen atoms in total. The molecule has 0 fully saturated rings. The monoisotopic (exact) mass is 1260 g/mol. The number of allylic oxidation sites excluding steroid dienone is 4. The van der Waals surface area contributed by atoms with Gasteiger partial charge < -0.3 is 20.1 Å². The molecule has 0 aliphatic heterocycles. The van der Waals surface area contributed by atoms with Gasteiger partial charge in [0.25, 0.3) is 0 Å². The number of hydrogen-bond acceptors (Lipinski definition) is 8. The number of unbranched alkanes of at least 4 members (excludes halogenated alkanes) is 59. The molecule has 522 valence electrons. The van der Waals surface area contributed by atoms with Gasteiger partial charge in [0.1, 0.15) is 6.61 Å². The van der Waals surface area contributed by atoms with Gasteiger partial charge in [0.2, 0.25) is 0 Å². The van der Waals surface area contributed by atoms with Crippen LogP contribution in [0.1, 0.15) is 431 Å². The largest absolute Gasteiger partial charge is 0.472 e. The Hall–Kier alpha value is -1.51. The third kappa shape index (κ3) is 73.5. The summed E-state index contributed by atoms with van der Waals surface area (Å²) in [5.74, 6) is -0.801. The van der Waals surface area contributed by atoms with Crippen LogP contribution in [0.3, 0.4) is 0 Å². The minimum absolute atomic E-state index is 0.0569. The minimum atomic E-state index is -4.39. The lowest BCUT2D eigenvalue weighted by atomic mass is 10.0. The second-order valence-electron chi connectivity index (χ2n) is 26.9. The van der Waals surface area contributed by atoms with Crippen LogP contribution in [0.4, 0.5) is 0 Å². The van der Waals surface area contributed by atoms with E-state index in [1.165, 1.54) is 360 Å². The Kier molecular flexibility index (Phi) is 73.3. The molecule has 0 spiro atoms. The average molecular weight is 1260 g/mol. The first-order chi connectivity index (χ1) is 43.3. The van der Waals surface area contributed by atoms with Crippen molar-refractivity contribution in [2.45, 2.75) is 437 Å². The number of hydrogen-bond donors (Lipinski definition) is 2. The summed E-state index contributed by atoms with van der Waals surface area (Å²) in [6.07, 6.45) is 93.2. The molecule has 2 unspecified atom stereocenters. The maximum atomic E-state index is 12.8. The third-order valence-corrected chi connectivity index (χ3v) is 19.1. The van der Waals surface area contributed by atoms with Gasteiger partial charge in [-0.05, 0) is 44.9 Å². The van der Waals surface area contributed by atoms with E-state index in [-0.39, 0.29) is 38.6 Å². The van der Waals surface area contributed by atoms with E-state index >= 15 is 0 Å². The normalized spacial score (nSPS) is 12.9. The van der Waals surface area contributed by atoms with Crippen molar-refractivity contribution in [3.05, 3.63) is 24.3 Å². The van der Waals surface area contributed by atoms with Gasteiger partial charge in [0.15, 0.2) is 6.10 Å². The topological polar surface area (TPSA) is 134 Å². The molecule has 0 aromatic rings. The molecule has 0 bridgehead atoms. The van der Waals surface area contributed by atoms with Crippen molar-refractivity contribution in [3.8, 4) is 0 Å². The van der Waals surface area contributed by atoms with E-state index in [0.717, 1.165) is 38.5 Å². The lowest BCUT2D eigenvalue weighted by molar-refractivity contribution is -0.161. The first-order valence-electron chi connectivity index (χ1n) is 39.3. The number of phosphoric ester groups is 1. The molecule has 0 heterocycles. The fraction of sp³-hybridized carbons (Fsp3) is 0.923. The lowest BCUT2D eigenvalue weighted by Gasteiger charge is -2.19. The fourth-order valence-corrected chi connectivity index (χ4v) is 13.0. The molecule has 0 radical (unpaired) electrons. The van der Waals surface area contributed by atoms with Crippen LogP contribution in [-0.2, 0) is 32.7 Å². The van der Waals surface area contributed by atoms with Crippen LogP contribution in [0.15, 0.2) is 24.3 Å². The lowest BCUT2D eigenvalue weighted by Crippen LogP contribution is -2.29. The van der Waals surface area contributed by atoms with Crippen LogP contribution >= 0.6 is 7.82 Å². The van der Waals surface area contributed by atoms with Crippen LogP contribution in [0.25, 0.3) is 0 Å². The predicted octanol–water partition coefficient (Wildman–Crippen LogP) is 26.0. The van der Waals surface area contributed by atoms with E-state index in [1.807, 2.05) is 0 Å². The van der Waals surface area contributed by atoms with Crippen molar-refractivity contribution in [2.75, 3.05) is 26.4 Å². The van der Waals surface area contributed by atoms with Crippen molar-refractivity contribution in [2.24, 2.45) is 5.73 Å². The summed E-state index contributed by atoms with van der Waals surface area (Å²) in [6.45, 7) is 3.83. The van der Waals surface area contributed by atoms with Gasteiger partial charge in [-0.2, -0.15) is 0 Å². The van der Waals surface area contributed by atoms with Gasteiger partial charge in [-0.1, -0.05) is 398 Å². The van der Waals surface area contributed by atoms with Gasteiger partial charge in [0, 0.05) is 19.4 Å². The fourth-order valence-electron chi connectivity index (χ4n) is 12.3. The minimum Gasteiger partial charge on any atom is -0.462 e. The Morgan fingerprint density at radius 3 is 0.864 bits per heavy atom. The molecular weight excluding hydrogens is 1110 g/mol. The van der Waals surface area contributed by atoms with E-state index in [4.69, 9.17) is 24.3 Å². The Labute approximate surface area is 548 Å². The summed E-state index contributed by atoms with van der Waals surface area (Å²) in [5, 5.41) is 0. The van der Waals surface area contributed by atoms with Crippen LogP contribution < -0.4 is 5.73 Å². The summed E-state index contributed by atoms with van der Waals surface area (Å²) in [5.41, 5.74) is 5.41. The number of carbonyl (C=O) groups excluding carboxylic acids is 2. The number of esters is 2. The van der Waals surface area contributed by atoms with E-state index in [2.05, 4.69) is 38.2 Å². The molecule has 88 heavy (non-hydrogen) atoms. The number of nitrogens with two attached hydrogens (primary N) is 1. The Bertz CT molecular complexity index is 1490. The van der Waals surface area contributed by atoms with E-state index in [1.54, 1.807) is 0 Å². The molecule has 0 saturated carbocycles. The summed E-state index contributed by atoms with van der Waals surface area (Å²) in [7, 11) is -4.39. The highest BCUT2D eigenvalue weighted by molar-refractivity contribution is 7.47. The van der Waals surface area contributed by atoms with Gasteiger partial charge >= 0.3 is 19.8 Å². The zero-order valence-corrected chi connectivity index (χ0v) is 59.9. The van der Waals surface area contributed by atoms with Gasteiger partial charge in [-0.3, -0.25) is 18.6 Å². The van der Waals surface area contributed by atoms with Crippen LogP contribution in [-0.4, -0.2) is 49.3 Å². The molecular formula is C78H152NO8P. The molecule has 2 atom stereocenters. The van der Waals surface area contributed by atoms with E-state index in [9.17, 15) is 19.0 Å². The van der Waals surface area contributed by atoms with Crippen molar-refractivity contribution in [1.29, 1.82) is 0 Å². The standard InChI is InChI=1S/C78H152NO8P/c1-3-5-7-9-11-13-15-17-19-21-23-25-27-29-31-33-34-35-36-37-38-39-40-41-43-44-46-48-50-52-54-56-58-60-62-64-66-68-70-77(80)84-74-76(75-86-88(82,83)85-73-72-79)87-78(81)71-69-67-65-63-61-59-57-55-53-51-49-47-45-42-32-30-28-26-24-22-20-18-16-14-12-10-8-6-4-2/h16,18,22,24,76H,3-15,17,19-21,23,25-75,79H2,1-2H3,(H,82,83)/b18-16-,24-22-. The Morgan fingerprint density at radius 1 is 0.341 bits per heavy atom. The van der Waals surface area contributed by atoms with Crippen molar-refractivity contribution in [3.63, 3.8) is 0 Å². The van der Waals surface area contributed by atoms with Gasteiger partial charge in [0.05, 0.1) is 13.2 Å². The first kappa shape index (κ1) is 86.5. The van der Waals surface area contributed by atoms with Gasteiger partial charge in [-0.15, -0.1) is 0 Å². The molecule has 0 aliphatic rings. The molecule has 3 N–H and O–H groups in total. The molecule has 10 heteroatoms. The number of rotatable bonds is 76. The quantitative estimate of drug-likeness (QED) is 0.0264. The number of ether oxygens (including phenoxy) is 2. The predicted molar refractivity (Wildman–Crippen MR) is 381 cm³/mol. The second-order valence-corrected chi connectivity index (χ2v) is 28.4. The van der Waals surface area contributed by atoms with Crippen LogP contribution in [0.2, 0.25) is 0 Å². The highest BCUT2D eigenvalue weighted by Crippen LogP contribution is 2.43. The van der Waals surface area contributed by atoms with Crippen LogP contribution in [0.5, 0.6) is 0 Å². The summed E-state index contributed by atoms with van der Waals surface area (Å²) in [4.78, 5) is 35.4. The Balaban J connectivity index is 3.74. The molecule has 0 amide bonds. The molecule has 0 aromatic heterocycles. The summed E-state index contributed by atoms with van der Waals surface area (Å²) >= 11 is 0. The SMILES string of the molecule is CCCCCCC/C=C\C/C=C\CCCCCCCCCCCCCCCCCCCC(=O)OC(COC(=O)CCCCCCCCCCCCCCCCCCCCCCCCCCCCCCCCCCCCCCCC)COP(=O)(O)OCCN. The highest BCUT2D eigenvalue weighted by Gasteiger charge is 2.26. The maximum Gasteiger partial charge on any atom is 0.472 e. The van der Waals surface area contributed by atoms with E-state index in [0.29, 0.717) is 6.42 Å². The smallest absolute Gasteiger partial charge is 0.462 e. The van der Waals surface area contributed by atoms with Crippen molar-refractivity contribution in [1.82, 2.24) is 0 Å². The van der Waals surface area contributed by atoms with Gasteiger partial charge in [-0.25, -0.2) is 4.57 Å². The number of carbonyl (C=O) groups is 2. The van der Waals surface area contributed by atoms with Crippen molar-refractivity contribution >= 4 is 19.8 Å². The molecule has 0 aliphatic carbocycles. The Morgan fingerprint density at radius 2 is 0.591 bits per heavy atom. The van der Waals surface area contributed by atoms with Crippen molar-refractivity contribution < 1.29 is 37.6 Å². The zero-order valence-electron chi connectivity index (χ0n) is 59.0. The second kappa shape index (κ2) is 74.5. The zero-order chi connectivity index (χ0) is 63.7. The summed E-state index contributed by atoms with van der Waals surface area (Å²) < 4.78 is 33.3. The maximum absolute atomic E-state index is 12.8. The van der Waals surface area contributed by atoms with Crippen LogP contribution in [0, 0.1) is 0 Å². The third-order valence-electron chi connectivity index (χ3n) is 18.1. The average Bonchev–Trinajstić information content (AvgIpc) is 3.60. The first-order valence-corrected chi connectivity index (χ1v) is 40.8. The number of phosphoric acid groups is 1. The highest BCUT2D eigenvalue weighted by atomic mass is 31.2. The molecule has 0 aromatic carbocycles. The molecule has 0 saturated heterocycles. The van der Waals surface area contributed by atoms with E-state index < -0.39 is 26.5 Å². The summed E-state index contributed by atoms with van der Waals surface area (Å²) in [6, 6.07) is 0. The molecule has 0 rings (SSSR count).